The lowest BCUT2D eigenvalue weighted by Gasteiger charge is -2.38. The topological polar surface area (TPSA) is 69.5 Å². The second kappa shape index (κ2) is 7.17. The van der Waals surface area contributed by atoms with E-state index >= 15 is 0 Å². The number of hydrogen-bond acceptors (Lipinski definition) is 5. The maximum absolute atomic E-state index is 12.5. The van der Waals surface area contributed by atoms with E-state index in [2.05, 4.69) is 10.1 Å². The van der Waals surface area contributed by atoms with Gasteiger partial charge in [0.15, 0.2) is 0 Å². The quantitative estimate of drug-likeness (QED) is 0.835. The van der Waals surface area contributed by atoms with E-state index in [0.717, 1.165) is 25.0 Å². The molecule has 1 atom stereocenters. The minimum absolute atomic E-state index is 0.00130. The van der Waals surface area contributed by atoms with Gasteiger partial charge in [-0.3, -0.25) is 14.5 Å². The molecule has 0 N–H and O–H groups in total. The van der Waals surface area contributed by atoms with Crippen LogP contribution in [-0.4, -0.2) is 57.0 Å². The fraction of sp³-hybridized carbons (Fsp3) is 0.526. The maximum atomic E-state index is 12.5. The van der Waals surface area contributed by atoms with Crippen LogP contribution in [0.25, 0.3) is 0 Å². The molecule has 1 spiro atoms. The number of aryl methyl sites for hydroxylation is 1. The summed E-state index contributed by atoms with van der Waals surface area (Å²) in [4.78, 5) is 18.7. The number of aromatic nitrogens is 3. The number of pyridine rings is 1. The minimum atomic E-state index is -0.157. The zero-order valence-corrected chi connectivity index (χ0v) is 15.0. The molecular formula is C19H24N4O3. The van der Waals surface area contributed by atoms with E-state index in [0.29, 0.717) is 32.0 Å². The van der Waals surface area contributed by atoms with Crippen molar-refractivity contribution in [1.29, 1.82) is 0 Å². The summed E-state index contributed by atoms with van der Waals surface area (Å²) in [5.74, 6) is 0.00130. The monoisotopic (exact) mass is 356 g/mol. The van der Waals surface area contributed by atoms with Crippen LogP contribution in [0, 0.1) is 0 Å². The molecule has 2 aliphatic heterocycles. The second-order valence-corrected chi connectivity index (χ2v) is 7.12. The zero-order chi connectivity index (χ0) is 18.0. The highest BCUT2D eigenvalue weighted by atomic mass is 16.6. The van der Waals surface area contributed by atoms with Crippen molar-refractivity contribution >= 4 is 5.91 Å². The number of carbonyl (C=O) groups excluding carboxylic acids is 1. The normalized spacial score (nSPS) is 22.0. The van der Waals surface area contributed by atoms with Gasteiger partial charge in [-0.25, -0.2) is 0 Å². The van der Waals surface area contributed by atoms with Gasteiger partial charge < -0.3 is 14.4 Å². The number of ether oxygens (including phenoxy) is 2. The lowest BCUT2D eigenvalue weighted by atomic mass is 9.88. The third-order valence-electron chi connectivity index (χ3n) is 5.26. The van der Waals surface area contributed by atoms with Gasteiger partial charge in [-0.2, -0.15) is 5.10 Å². The van der Waals surface area contributed by atoms with Crippen LogP contribution in [0.1, 0.15) is 35.4 Å². The fourth-order valence-electron chi connectivity index (χ4n) is 3.75. The van der Waals surface area contributed by atoms with Crippen molar-refractivity contribution in [3.05, 3.63) is 48.0 Å². The van der Waals surface area contributed by atoms with Crippen molar-refractivity contribution in [1.82, 2.24) is 19.7 Å². The maximum Gasteiger partial charge on any atom is 0.274 e. The third kappa shape index (κ3) is 3.64. The average Bonchev–Trinajstić information content (AvgIpc) is 3.28. The molecular weight excluding hydrogens is 332 g/mol. The highest BCUT2D eigenvalue weighted by Gasteiger charge is 2.44. The Hall–Kier alpha value is -2.25. The SMILES string of the molecule is Cn1ccc(C(=O)N2CCC3(CC2)C[C@@H](OCc2ccccn2)CO3)n1. The van der Waals surface area contributed by atoms with E-state index in [-0.39, 0.29) is 17.6 Å². The first-order valence-electron chi connectivity index (χ1n) is 9.08. The van der Waals surface area contributed by atoms with Crippen LogP contribution in [-0.2, 0) is 23.1 Å². The van der Waals surface area contributed by atoms with Gasteiger partial charge in [0.05, 0.1) is 30.6 Å². The van der Waals surface area contributed by atoms with Crippen molar-refractivity contribution in [2.75, 3.05) is 19.7 Å². The summed E-state index contributed by atoms with van der Waals surface area (Å²) < 4.78 is 13.8. The molecule has 0 radical (unpaired) electrons. The van der Waals surface area contributed by atoms with Crippen LogP contribution in [0.4, 0.5) is 0 Å². The molecule has 0 unspecified atom stereocenters. The smallest absolute Gasteiger partial charge is 0.274 e. The zero-order valence-electron chi connectivity index (χ0n) is 15.0. The van der Waals surface area contributed by atoms with Crippen LogP contribution in [0.5, 0.6) is 0 Å². The van der Waals surface area contributed by atoms with E-state index < -0.39 is 0 Å². The third-order valence-corrected chi connectivity index (χ3v) is 5.26. The molecule has 26 heavy (non-hydrogen) atoms. The largest absolute Gasteiger partial charge is 0.372 e. The number of carbonyl (C=O) groups is 1. The summed E-state index contributed by atoms with van der Waals surface area (Å²) in [6.45, 7) is 2.51. The van der Waals surface area contributed by atoms with Gasteiger partial charge in [0.25, 0.3) is 5.91 Å². The molecule has 2 saturated heterocycles. The van der Waals surface area contributed by atoms with Crippen molar-refractivity contribution in [2.24, 2.45) is 7.05 Å². The van der Waals surface area contributed by atoms with Crippen molar-refractivity contribution in [3.8, 4) is 0 Å². The molecule has 1 amide bonds. The van der Waals surface area contributed by atoms with Crippen LogP contribution in [0.3, 0.4) is 0 Å². The van der Waals surface area contributed by atoms with E-state index in [1.807, 2.05) is 30.1 Å². The van der Waals surface area contributed by atoms with Gasteiger partial charge in [-0.15, -0.1) is 0 Å². The highest BCUT2D eigenvalue weighted by molar-refractivity contribution is 5.92. The first kappa shape index (κ1) is 17.2. The molecule has 7 nitrogen and oxygen atoms in total. The average molecular weight is 356 g/mol. The van der Waals surface area contributed by atoms with Crippen molar-refractivity contribution in [2.45, 2.75) is 37.6 Å². The van der Waals surface area contributed by atoms with Crippen LogP contribution in [0.15, 0.2) is 36.7 Å². The van der Waals surface area contributed by atoms with E-state index in [9.17, 15) is 4.79 Å². The van der Waals surface area contributed by atoms with Gasteiger partial charge in [0.2, 0.25) is 0 Å². The molecule has 0 saturated carbocycles. The molecule has 2 aliphatic rings. The van der Waals surface area contributed by atoms with Crippen LogP contribution in [0.2, 0.25) is 0 Å². The molecule has 4 rings (SSSR count). The Bertz CT molecular complexity index is 753. The fourth-order valence-corrected chi connectivity index (χ4v) is 3.75. The number of nitrogens with zero attached hydrogens (tertiary/aromatic N) is 4. The Morgan fingerprint density at radius 1 is 1.35 bits per heavy atom. The standard InChI is InChI=1S/C19H24N4O3/c1-22-9-5-17(21-22)18(24)23-10-6-19(7-11-23)12-16(14-26-19)25-13-15-4-2-3-8-20-15/h2-5,8-9,16H,6-7,10-14H2,1H3/t16-/m1/s1. The lowest BCUT2D eigenvalue weighted by molar-refractivity contribution is -0.0413. The minimum Gasteiger partial charge on any atom is -0.372 e. The first-order chi connectivity index (χ1) is 12.6. The number of likely N-dealkylation sites (tertiary alicyclic amines) is 1. The van der Waals surface area contributed by atoms with E-state index in [1.54, 1.807) is 23.1 Å². The molecule has 2 aromatic heterocycles. The summed E-state index contributed by atoms with van der Waals surface area (Å²) in [6, 6.07) is 7.59. The molecule has 0 aromatic carbocycles. The van der Waals surface area contributed by atoms with Crippen molar-refractivity contribution < 1.29 is 14.3 Å². The molecule has 0 aliphatic carbocycles. The predicted molar refractivity (Wildman–Crippen MR) is 94.5 cm³/mol. The Kier molecular flexibility index (Phi) is 4.74. The summed E-state index contributed by atoms with van der Waals surface area (Å²) in [5, 5.41) is 4.21. The number of amides is 1. The first-order valence-corrected chi connectivity index (χ1v) is 9.08. The molecule has 4 heterocycles. The Morgan fingerprint density at radius 2 is 2.19 bits per heavy atom. The molecule has 2 fully saturated rings. The summed E-state index contributed by atoms with van der Waals surface area (Å²) in [6.07, 6.45) is 6.23. The Labute approximate surface area is 152 Å². The van der Waals surface area contributed by atoms with Crippen molar-refractivity contribution in [3.63, 3.8) is 0 Å². The molecule has 7 heteroatoms. The van der Waals surface area contributed by atoms with Gasteiger partial charge >= 0.3 is 0 Å². The molecule has 138 valence electrons. The van der Waals surface area contributed by atoms with Crippen LogP contribution < -0.4 is 0 Å². The van der Waals surface area contributed by atoms with Gasteiger partial charge in [-0.1, -0.05) is 6.07 Å². The van der Waals surface area contributed by atoms with Gasteiger partial charge in [0.1, 0.15) is 5.69 Å². The van der Waals surface area contributed by atoms with E-state index in [1.165, 1.54) is 0 Å². The number of rotatable bonds is 4. The summed E-state index contributed by atoms with van der Waals surface area (Å²) >= 11 is 0. The number of piperidine rings is 1. The lowest BCUT2D eigenvalue weighted by Crippen LogP contribution is -2.46. The second-order valence-electron chi connectivity index (χ2n) is 7.12. The molecule has 0 bridgehead atoms. The Balaban J connectivity index is 1.28. The Morgan fingerprint density at radius 3 is 2.88 bits per heavy atom. The number of hydrogen-bond donors (Lipinski definition) is 0. The molecule has 2 aromatic rings. The highest BCUT2D eigenvalue weighted by Crippen LogP contribution is 2.37. The van der Waals surface area contributed by atoms with E-state index in [4.69, 9.17) is 9.47 Å². The summed E-state index contributed by atoms with van der Waals surface area (Å²) in [7, 11) is 1.82. The predicted octanol–water partition coefficient (Wildman–Crippen LogP) is 1.80. The summed E-state index contributed by atoms with van der Waals surface area (Å²) in [5.41, 5.74) is 1.28. The van der Waals surface area contributed by atoms with Crippen LogP contribution >= 0.6 is 0 Å². The van der Waals surface area contributed by atoms with Gasteiger partial charge in [0, 0.05) is 39.0 Å². The van der Waals surface area contributed by atoms with Gasteiger partial charge in [-0.05, 0) is 31.0 Å².